The summed E-state index contributed by atoms with van der Waals surface area (Å²) in [5.41, 5.74) is 9.07. The molecular formula is C20H17Cl3N4O2. The fourth-order valence-corrected chi connectivity index (χ4v) is 3.33. The van der Waals surface area contributed by atoms with Crippen molar-refractivity contribution in [2.24, 2.45) is 10.9 Å². The van der Waals surface area contributed by atoms with Crippen LogP contribution in [0.15, 0.2) is 47.6 Å². The third kappa shape index (κ3) is 4.90. The lowest BCUT2D eigenvalue weighted by atomic mass is 10.1. The molecule has 0 aliphatic heterocycles. The van der Waals surface area contributed by atoms with Crippen molar-refractivity contribution in [1.29, 1.82) is 0 Å². The van der Waals surface area contributed by atoms with Crippen molar-refractivity contribution >= 4 is 46.6 Å². The topological polar surface area (TPSA) is 82.5 Å². The van der Waals surface area contributed by atoms with Gasteiger partial charge in [0.05, 0.1) is 33.5 Å². The fourth-order valence-electron chi connectivity index (χ4n) is 2.69. The van der Waals surface area contributed by atoms with Gasteiger partial charge in [0.25, 0.3) is 0 Å². The first-order valence-electron chi connectivity index (χ1n) is 8.55. The maximum Gasteiger partial charge on any atom is 0.365 e. The first-order chi connectivity index (χ1) is 13.8. The Morgan fingerprint density at radius 2 is 1.93 bits per heavy atom. The van der Waals surface area contributed by atoms with Gasteiger partial charge in [0.1, 0.15) is 0 Å². The monoisotopic (exact) mass is 450 g/mol. The summed E-state index contributed by atoms with van der Waals surface area (Å²) in [5, 5.41) is 9.48. The predicted octanol–water partition coefficient (Wildman–Crippen LogP) is 4.99. The lowest BCUT2D eigenvalue weighted by molar-refractivity contribution is 0.0516. The number of carbonyl (C=O) groups excluding carboxylic acids is 1. The van der Waals surface area contributed by atoms with E-state index >= 15 is 0 Å². The molecule has 0 amide bonds. The van der Waals surface area contributed by atoms with Crippen LogP contribution in [0.2, 0.25) is 15.1 Å². The summed E-state index contributed by atoms with van der Waals surface area (Å²) in [6.45, 7) is 4.20. The molecule has 9 heteroatoms. The molecule has 0 radical (unpaired) electrons. The number of aryl methyl sites for hydroxylation is 1. The fraction of sp³-hybridized carbons (Fsp3) is 0.150. The van der Waals surface area contributed by atoms with Gasteiger partial charge in [-0.05, 0) is 49.7 Å². The number of carbonyl (C=O) groups is 1. The minimum absolute atomic E-state index is 0.0338. The van der Waals surface area contributed by atoms with Crippen molar-refractivity contribution in [2.75, 3.05) is 0 Å². The molecule has 3 aromatic rings. The van der Waals surface area contributed by atoms with E-state index in [1.54, 1.807) is 35.0 Å². The Morgan fingerprint density at radius 1 is 1.17 bits per heavy atom. The second-order valence-corrected chi connectivity index (χ2v) is 7.54. The Morgan fingerprint density at radius 3 is 2.59 bits per heavy atom. The largest absolute Gasteiger partial charge is 0.380 e. The number of aromatic nitrogens is 2. The SMILES string of the molecule is Cc1nn(Cc2cccc(C(=O)O/N=C(\N)c3ccc(Cl)cc3Cl)c2)c(C)c1Cl. The van der Waals surface area contributed by atoms with Crippen molar-refractivity contribution in [3.8, 4) is 0 Å². The number of hydrogen-bond donors (Lipinski definition) is 1. The summed E-state index contributed by atoms with van der Waals surface area (Å²) in [6.07, 6.45) is 0. The van der Waals surface area contributed by atoms with Crippen molar-refractivity contribution in [3.05, 3.63) is 85.6 Å². The Balaban J connectivity index is 1.74. The van der Waals surface area contributed by atoms with E-state index in [-0.39, 0.29) is 5.84 Å². The van der Waals surface area contributed by atoms with Gasteiger partial charge in [0.15, 0.2) is 5.84 Å². The van der Waals surface area contributed by atoms with Gasteiger partial charge in [-0.2, -0.15) is 5.10 Å². The maximum atomic E-state index is 12.4. The maximum absolute atomic E-state index is 12.4. The number of rotatable bonds is 5. The summed E-state index contributed by atoms with van der Waals surface area (Å²) >= 11 is 18.1. The normalized spacial score (nSPS) is 11.6. The van der Waals surface area contributed by atoms with Crippen LogP contribution in [0.4, 0.5) is 0 Å². The van der Waals surface area contributed by atoms with Crippen molar-refractivity contribution in [1.82, 2.24) is 9.78 Å². The minimum Gasteiger partial charge on any atom is -0.380 e. The molecule has 1 heterocycles. The predicted molar refractivity (Wildman–Crippen MR) is 115 cm³/mol. The Kier molecular flexibility index (Phi) is 6.47. The van der Waals surface area contributed by atoms with Gasteiger partial charge in [-0.15, -0.1) is 0 Å². The highest BCUT2D eigenvalue weighted by molar-refractivity contribution is 6.36. The lowest BCUT2D eigenvalue weighted by Crippen LogP contribution is -2.16. The molecule has 0 saturated heterocycles. The van der Waals surface area contributed by atoms with Gasteiger partial charge in [0, 0.05) is 10.6 Å². The van der Waals surface area contributed by atoms with Gasteiger partial charge in [-0.3, -0.25) is 4.68 Å². The van der Waals surface area contributed by atoms with Gasteiger partial charge in [0.2, 0.25) is 0 Å². The van der Waals surface area contributed by atoms with Crippen LogP contribution in [0.1, 0.15) is 32.9 Å². The van der Waals surface area contributed by atoms with E-state index in [4.69, 9.17) is 45.4 Å². The third-order valence-electron chi connectivity index (χ3n) is 4.22. The number of hydrogen-bond acceptors (Lipinski definition) is 4. The average molecular weight is 452 g/mol. The summed E-state index contributed by atoms with van der Waals surface area (Å²) in [6, 6.07) is 11.7. The molecule has 0 unspecified atom stereocenters. The number of benzene rings is 2. The number of nitrogens with zero attached hydrogens (tertiary/aromatic N) is 3. The molecule has 29 heavy (non-hydrogen) atoms. The number of amidine groups is 1. The smallest absolute Gasteiger partial charge is 0.365 e. The molecule has 0 aliphatic rings. The average Bonchev–Trinajstić information content (AvgIpc) is 2.92. The second kappa shape index (κ2) is 8.86. The van der Waals surface area contributed by atoms with Crippen LogP contribution in [0, 0.1) is 13.8 Å². The van der Waals surface area contributed by atoms with E-state index in [9.17, 15) is 4.79 Å². The zero-order valence-corrected chi connectivity index (χ0v) is 17.9. The number of halogens is 3. The highest BCUT2D eigenvalue weighted by atomic mass is 35.5. The van der Waals surface area contributed by atoms with Gasteiger partial charge in [-0.1, -0.05) is 52.1 Å². The summed E-state index contributed by atoms with van der Waals surface area (Å²) < 4.78 is 1.78. The summed E-state index contributed by atoms with van der Waals surface area (Å²) in [5.74, 6) is -0.681. The molecule has 6 nitrogen and oxygen atoms in total. The quantitative estimate of drug-likeness (QED) is 0.256. The highest BCUT2D eigenvalue weighted by Crippen LogP contribution is 2.21. The Labute approximate surface area is 182 Å². The number of oxime groups is 1. The first-order valence-corrected chi connectivity index (χ1v) is 9.68. The van der Waals surface area contributed by atoms with Crippen LogP contribution < -0.4 is 5.73 Å². The van der Waals surface area contributed by atoms with Crippen LogP contribution in [0.5, 0.6) is 0 Å². The zero-order chi connectivity index (χ0) is 21.1. The van der Waals surface area contributed by atoms with Gasteiger partial charge < -0.3 is 10.6 Å². The Bertz CT molecular complexity index is 1110. The molecular weight excluding hydrogens is 435 g/mol. The van der Waals surface area contributed by atoms with E-state index < -0.39 is 5.97 Å². The van der Waals surface area contributed by atoms with E-state index in [1.807, 2.05) is 19.9 Å². The minimum atomic E-state index is -0.647. The molecule has 0 aliphatic carbocycles. The molecule has 150 valence electrons. The molecule has 2 N–H and O–H groups in total. The van der Waals surface area contributed by atoms with Crippen molar-refractivity contribution in [2.45, 2.75) is 20.4 Å². The number of nitrogens with two attached hydrogens (primary N) is 1. The molecule has 0 saturated carbocycles. The van der Waals surface area contributed by atoms with Crippen LogP contribution in [0.3, 0.4) is 0 Å². The molecule has 1 aromatic heterocycles. The lowest BCUT2D eigenvalue weighted by Gasteiger charge is -2.07. The van der Waals surface area contributed by atoms with Crippen molar-refractivity contribution in [3.63, 3.8) is 0 Å². The zero-order valence-electron chi connectivity index (χ0n) is 15.6. The molecule has 0 bridgehead atoms. The summed E-state index contributed by atoms with van der Waals surface area (Å²) in [7, 11) is 0. The second-order valence-electron chi connectivity index (χ2n) is 6.32. The van der Waals surface area contributed by atoms with E-state index in [0.717, 1.165) is 17.0 Å². The Hall–Kier alpha value is -2.54. The summed E-state index contributed by atoms with van der Waals surface area (Å²) in [4.78, 5) is 17.3. The highest BCUT2D eigenvalue weighted by Gasteiger charge is 2.13. The van der Waals surface area contributed by atoms with E-state index in [2.05, 4.69) is 10.3 Å². The van der Waals surface area contributed by atoms with Crippen LogP contribution in [0.25, 0.3) is 0 Å². The van der Waals surface area contributed by atoms with Gasteiger partial charge in [-0.25, -0.2) is 4.79 Å². The van der Waals surface area contributed by atoms with Gasteiger partial charge >= 0.3 is 5.97 Å². The standard InChI is InChI=1S/C20H17Cl3N4O2/c1-11-18(23)12(2)27(25-11)10-13-4-3-5-14(8-13)20(28)29-26-19(24)16-7-6-15(21)9-17(16)22/h3-9H,10H2,1-2H3,(H2,24,26). The molecule has 0 fully saturated rings. The molecule has 3 rings (SSSR count). The molecule has 0 atom stereocenters. The van der Waals surface area contributed by atoms with Crippen LogP contribution in [-0.4, -0.2) is 21.6 Å². The third-order valence-corrected chi connectivity index (χ3v) is 5.32. The van der Waals surface area contributed by atoms with Crippen LogP contribution in [-0.2, 0) is 11.4 Å². The van der Waals surface area contributed by atoms with Crippen LogP contribution >= 0.6 is 34.8 Å². The van der Waals surface area contributed by atoms with E-state index in [0.29, 0.717) is 32.7 Å². The molecule has 0 spiro atoms. The first kappa shape index (κ1) is 21.2. The van der Waals surface area contributed by atoms with E-state index in [1.165, 1.54) is 6.07 Å². The molecule has 2 aromatic carbocycles. The van der Waals surface area contributed by atoms with Crippen molar-refractivity contribution < 1.29 is 9.63 Å².